The summed E-state index contributed by atoms with van der Waals surface area (Å²) >= 11 is 7.79. The van der Waals surface area contributed by atoms with E-state index in [1.165, 1.54) is 22.3 Å². The van der Waals surface area contributed by atoms with Gasteiger partial charge < -0.3 is 9.64 Å². The summed E-state index contributed by atoms with van der Waals surface area (Å²) in [5, 5.41) is 10.1. The standard InChI is InChI=1S/C29H27ClF3N5O2S/c1-4-12-37(16-19-10-11-20(29(31,32)33)13-18(19)5-2)28(39)40-25-14-22-26(21-8-6-7-9-23(21)30)34-15-24-36-35-17(3)38(24)27(22)41-25/h6-11,13-14H,4-5,12,15-16H2,1-3H3. The van der Waals surface area contributed by atoms with E-state index in [2.05, 4.69) is 10.2 Å². The number of aryl methyl sites for hydroxylation is 2. The summed E-state index contributed by atoms with van der Waals surface area (Å²) in [5.74, 6) is 1.31. The number of rotatable bonds is 7. The molecular weight excluding hydrogens is 575 g/mol. The number of amides is 1. The van der Waals surface area contributed by atoms with Gasteiger partial charge in [0.1, 0.15) is 17.4 Å². The number of nitrogens with zero attached hydrogens (tertiary/aromatic N) is 5. The molecule has 7 nitrogen and oxygen atoms in total. The maximum Gasteiger partial charge on any atom is 0.416 e. The number of aliphatic imine (C=N–C) groups is 1. The Morgan fingerprint density at radius 2 is 1.88 bits per heavy atom. The first-order valence-corrected chi connectivity index (χ1v) is 14.3. The number of alkyl halides is 3. The smallest absolute Gasteiger partial charge is 0.399 e. The molecule has 2 aromatic heterocycles. The van der Waals surface area contributed by atoms with Gasteiger partial charge in [-0.3, -0.25) is 9.56 Å². The van der Waals surface area contributed by atoms with Gasteiger partial charge in [-0.05, 0) is 49.1 Å². The van der Waals surface area contributed by atoms with E-state index < -0.39 is 17.8 Å². The van der Waals surface area contributed by atoms with Crippen LogP contribution in [0.4, 0.5) is 18.0 Å². The van der Waals surface area contributed by atoms with Crippen molar-refractivity contribution in [2.24, 2.45) is 4.99 Å². The van der Waals surface area contributed by atoms with Crippen LogP contribution in [0.1, 0.15) is 59.7 Å². The molecule has 5 rings (SSSR count). The minimum Gasteiger partial charge on any atom is -0.399 e. The number of thiophene rings is 1. The maximum atomic E-state index is 13.4. The Kier molecular flexibility index (Phi) is 8.19. The van der Waals surface area contributed by atoms with Gasteiger partial charge in [-0.15, -0.1) is 10.2 Å². The minimum absolute atomic E-state index is 0.125. The molecule has 0 N–H and O–H groups in total. The van der Waals surface area contributed by atoms with Crippen LogP contribution >= 0.6 is 22.9 Å². The third kappa shape index (κ3) is 5.87. The van der Waals surface area contributed by atoms with E-state index in [-0.39, 0.29) is 6.54 Å². The Hall–Kier alpha value is -3.70. The lowest BCUT2D eigenvalue weighted by Gasteiger charge is -2.23. The van der Waals surface area contributed by atoms with Crippen molar-refractivity contribution in [1.82, 2.24) is 19.7 Å². The van der Waals surface area contributed by atoms with Gasteiger partial charge >= 0.3 is 12.3 Å². The predicted octanol–water partition coefficient (Wildman–Crippen LogP) is 7.63. The monoisotopic (exact) mass is 601 g/mol. The Labute approximate surface area is 244 Å². The Morgan fingerprint density at radius 1 is 1.10 bits per heavy atom. The number of aromatic nitrogens is 3. The number of halogens is 4. The molecule has 12 heteroatoms. The van der Waals surface area contributed by atoms with Crippen molar-refractivity contribution in [3.05, 3.63) is 93.0 Å². The highest BCUT2D eigenvalue weighted by Gasteiger charge is 2.31. The quantitative estimate of drug-likeness (QED) is 0.218. The van der Waals surface area contributed by atoms with Gasteiger partial charge in [-0.2, -0.15) is 13.2 Å². The van der Waals surface area contributed by atoms with Crippen LogP contribution in [0, 0.1) is 6.92 Å². The number of ether oxygens (including phenoxy) is 1. The maximum absolute atomic E-state index is 13.4. The highest BCUT2D eigenvalue weighted by atomic mass is 35.5. The summed E-state index contributed by atoms with van der Waals surface area (Å²) in [7, 11) is 0. The highest BCUT2D eigenvalue weighted by Crippen LogP contribution is 2.38. The van der Waals surface area contributed by atoms with Gasteiger partial charge in [0.25, 0.3) is 0 Å². The average Bonchev–Trinajstić information content (AvgIpc) is 3.47. The van der Waals surface area contributed by atoms with Crippen molar-refractivity contribution >= 4 is 34.7 Å². The summed E-state index contributed by atoms with van der Waals surface area (Å²) in [6, 6.07) is 12.8. The number of benzene rings is 2. The molecule has 1 aliphatic heterocycles. The summed E-state index contributed by atoms with van der Waals surface area (Å²) in [6.45, 7) is 6.35. The lowest BCUT2D eigenvalue weighted by molar-refractivity contribution is -0.137. The van der Waals surface area contributed by atoms with Crippen LogP contribution in [0.15, 0.2) is 53.5 Å². The molecule has 214 valence electrons. The van der Waals surface area contributed by atoms with Crippen LogP contribution in [0.3, 0.4) is 0 Å². The molecule has 0 radical (unpaired) electrons. The summed E-state index contributed by atoms with van der Waals surface area (Å²) in [5.41, 5.74) is 2.59. The number of carbonyl (C=O) groups is 1. The van der Waals surface area contributed by atoms with E-state index in [4.69, 9.17) is 21.3 Å². The number of hydrogen-bond acceptors (Lipinski definition) is 6. The molecular formula is C29H27ClF3N5O2S. The van der Waals surface area contributed by atoms with Crippen LogP contribution in [0.5, 0.6) is 5.06 Å². The topological polar surface area (TPSA) is 72.6 Å². The van der Waals surface area contributed by atoms with E-state index in [0.29, 0.717) is 64.5 Å². The molecule has 0 saturated heterocycles. The largest absolute Gasteiger partial charge is 0.416 e. The zero-order valence-corrected chi connectivity index (χ0v) is 24.2. The third-order valence-corrected chi connectivity index (χ3v) is 8.09. The lowest BCUT2D eigenvalue weighted by Crippen LogP contribution is -2.34. The van der Waals surface area contributed by atoms with E-state index >= 15 is 0 Å². The molecule has 0 bridgehead atoms. The first-order chi connectivity index (χ1) is 19.6. The van der Waals surface area contributed by atoms with Crippen LogP contribution in [-0.2, 0) is 25.7 Å². The first-order valence-electron chi connectivity index (χ1n) is 13.1. The molecule has 0 spiro atoms. The molecule has 4 aromatic rings. The van der Waals surface area contributed by atoms with Crippen LogP contribution in [-0.4, -0.2) is 38.0 Å². The highest BCUT2D eigenvalue weighted by molar-refractivity contribution is 7.16. The van der Waals surface area contributed by atoms with Crippen molar-refractivity contribution in [3.8, 4) is 10.1 Å². The van der Waals surface area contributed by atoms with E-state index in [9.17, 15) is 18.0 Å². The molecule has 41 heavy (non-hydrogen) atoms. The molecule has 3 heterocycles. The molecule has 0 fully saturated rings. The van der Waals surface area contributed by atoms with Crippen molar-refractivity contribution in [2.75, 3.05) is 6.54 Å². The van der Waals surface area contributed by atoms with Crippen molar-refractivity contribution in [3.63, 3.8) is 0 Å². The lowest BCUT2D eigenvalue weighted by atomic mass is 10.0. The van der Waals surface area contributed by atoms with E-state index in [0.717, 1.165) is 28.3 Å². The van der Waals surface area contributed by atoms with Crippen molar-refractivity contribution < 1.29 is 22.7 Å². The second-order valence-corrected chi connectivity index (χ2v) is 11.0. The molecule has 0 saturated carbocycles. The van der Waals surface area contributed by atoms with Crippen molar-refractivity contribution in [2.45, 2.75) is 52.9 Å². The molecule has 1 aliphatic rings. The van der Waals surface area contributed by atoms with Gasteiger partial charge in [0, 0.05) is 35.3 Å². The van der Waals surface area contributed by atoms with Crippen LogP contribution in [0.2, 0.25) is 5.02 Å². The van der Waals surface area contributed by atoms with E-state index in [1.54, 1.807) is 19.1 Å². The first kappa shape index (κ1) is 28.8. The molecule has 0 aliphatic carbocycles. The Bertz CT molecular complexity index is 1630. The SMILES string of the molecule is CCCN(Cc1ccc(C(F)(F)F)cc1CC)C(=O)Oc1cc2c(s1)-n1c(C)nnc1CN=C2c1ccccc1Cl. The predicted molar refractivity (Wildman–Crippen MR) is 152 cm³/mol. The summed E-state index contributed by atoms with van der Waals surface area (Å²) in [4.78, 5) is 19.7. The Balaban J connectivity index is 1.47. The summed E-state index contributed by atoms with van der Waals surface area (Å²) < 4.78 is 47.5. The van der Waals surface area contributed by atoms with Gasteiger partial charge in [-0.25, -0.2) is 4.79 Å². The average molecular weight is 602 g/mol. The third-order valence-electron chi connectivity index (χ3n) is 6.76. The minimum atomic E-state index is -4.43. The molecule has 0 unspecified atom stereocenters. The molecule has 0 atom stereocenters. The van der Waals surface area contributed by atoms with Gasteiger partial charge in [0.05, 0.1) is 11.3 Å². The fourth-order valence-electron chi connectivity index (χ4n) is 4.78. The number of hydrogen-bond donors (Lipinski definition) is 0. The second kappa shape index (κ2) is 11.7. The van der Waals surface area contributed by atoms with Crippen molar-refractivity contribution in [1.29, 1.82) is 0 Å². The summed E-state index contributed by atoms with van der Waals surface area (Å²) in [6.07, 6.45) is -3.99. The normalized spacial score (nSPS) is 12.8. The fraction of sp³-hybridized carbons (Fsp3) is 0.310. The van der Waals surface area contributed by atoms with Gasteiger partial charge in [-0.1, -0.05) is 61.1 Å². The second-order valence-electron chi connectivity index (χ2n) is 9.55. The fourth-order valence-corrected chi connectivity index (χ4v) is 6.08. The molecule has 2 aromatic carbocycles. The molecule has 1 amide bonds. The van der Waals surface area contributed by atoms with E-state index in [1.807, 2.05) is 36.6 Å². The van der Waals surface area contributed by atoms with Crippen LogP contribution in [0.25, 0.3) is 5.00 Å². The van der Waals surface area contributed by atoms with Gasteiger partial charge in [0.2, 0.25) is 0 Å². The Morgan fingerprint density at radius 3 is 2.59 bits per heavy atom. The number of carbonyl (C=O) groups excluding carboxylic acids is 1. The zero-order valence-electron chi connectivity index (χ0n) is 22.6. The van der Waals surface area contributed by atoms with Gasteiger partial charge in [0.15, 0.2) is 10.9 Å². The van der Waals surface area contributed by atoms with Crippen LogP contribution < -0.4 is 4.74 Å². The zero-order chi connectivity index (χ0) is 29.3. The number of fused-ring (bicyclic) bond motifs is 3.